The first-order valence-electron chi connectivity index (χ1n) is 5.62. The average Bonchev–Trinajstić information content (AvgIpc) is 2.57. The molecule has 2 heterocycles. The third kappa shape index (κ3) is 2.11. The van der Waals surface area contributed by atoms with E-state index in [0.717, 1.165) is 25.1 Å². The lowest BCUT2D eigenvalue weighted by Gasteiger charge is -2.29. The molecule has 0 bridgehead atoms. The van der Waals surface area contributed by atoms with Gasteiger partial charge in [0.15, 0.2) is 0 Å². The van der Waals surface area contributed by atoms with Crippen molar-refractivity contribution in [2.24, 2.45) is 0 Å². The van der Waals surface area contributed by atoms with Crippen molar-refractivity contribution in [3.05, 3.63) is 23.2 Å². The number of furan rings is 1. The largest absolute Gasteiger partial charge is 0.466 e. The van der Waals surface area contributed by atoms with E-state index in [0.29, 0.717) is 17.9 Å². The van der Waals surface area contributed by atoms with Crippen LogP contribution >= 0.6 is 0 Å². The van der Waals surface area contributed by atoms with Crippen LogP contribution in [0.25, 0.3) is 0 Å². The fourth-order valence-corrected chi connectivity index (χ4v) is 2.15. The molecule has 1 N–H and O–H groups in total. The zero-order valence-electron chi connectivity index (χ0n) is 9.69. The van der Waals surface area contributed by atoms with Crippen molar-refractivity contribution >= 4 is 5.91 Å². The highest BCUT2D eigenvalue weighted by Crippen LogP contribution is 2.18. The van der Waals surface area contributed by atoms with E-state index in [1.165, 1.54) is 0 Å². The number of aliphatic hydroxyl groups excluding tert-OH is 1. The van der Waals surface area contributed by atoms with Gasteiger partial charge in [-0.15, -0.1) is 0 Å². The number of carbonyl (C=O) groups excluding carboxylic acids is 1. The standard InChI is InChI=1S/C12H17NO3/c1-8-6-11(9(2)16-8)12(15)13-5-3-4-10(14)7-13/h6,10,14H,3-5,7H2,1-2H3/t10-/m0/s1. The molecule has 4 nitrogen and oxygen atoms in total. The van der Waals surface area contributed by atoms with Gasteiger partial charge < -0.3 is 14.4 Å². The highest BCUT2D eigenvalue weighted by Gasteiger charge is 2.25. The summed E-state index contributed by atoms with van der Waals surface area (Å²) in [6.45, 7) is 4.78. The Balaban J connectivity index is 2.15. The third-order valence-corrected chi connectivity index (χ3v) is 2.96. The predicted octanol–water partition coefficient (Wildman–Crippen LogP) is 1.49. The van der Waals surface area contributed by atoms with E-state index in [1.807, 2.05) is 6.92 Å². The molecule has 0 spiro atoms. The summed E-state index contributed by atoms with van der Waals surface area (Å²) in [5.74, 6) is 1.37. The molecule has 1 aromatic rings. The van der Waals surface area contributed by atoms with Crippen LogP contribution in [0.3, 0.4) is 0 Å². The second-order valence-corrected chi connectivity index (χ2v) is 4.37. The Hall–Kier alpha value is -1.29. The minimum Gasteiger partial charge on any atom is -0.466 e. The molecule has 1 aliphatic rings. The zero-order valence-corrected chi connectivity index (χ0v) is 9.69. The number of piperidine rings is 1. The Morgan fingerprint density at radius 2 is 2.31 bits per heavy atom. The molecular formula is C12H17NO3. The van der Waals surface area contributed by atoms with Gasteiger partial charge >= 0.3 is 0 Å². The molecule has 0 unspecified atom stereocenters. The monoisotopic (exact) mass is 223 g/mol. The summed E-state index contributed by atoms with van der Waals surface area (Å²) in [7, 11) is 0. The summed E-state index contributed by atoms with van der Waals surface area (Å²) < 4.78 is 5.34. The minimum absolute atomic E-state index is 0.0342. The van der Waals surface area contributed by atoms with E-state index in [9.17, 15) is 9.90 Å². The van der Waals surface area contributed by atoms with Crippen molar-refractivity contribution in [1.29, 1.82) is 0 Å². The molecule has 16 heavy (non-hydrogen) atoms. The number of amides is 1. The average molecular weight is 223 g/mol. The van der Waals surface area contributed by atoms with Crippen molar-refractivity contribution in [2.45, 2.75) is 32.8 Å². The van der Waals surface area contributed by atoms with Gasteiger partial charge in [0.1, 0.15) is 11.5 Å². The maximum atomic E-state index is 12.1. The second kappa shape index (κ2) is 4.29. The number of aliphatic hydroxyl groups is 1. The highest BCUT2D eigenvalue weighted by atomic mass is 16.3. The van der Waals surface area contributed by atoms with E-state index >= 15 is 0 Å². The van der Waals surface area contributed by atoms with Crippen LogP contribution in [-0.2, 0) is 0 Å². The number of aryl methyl sites for hydroxylation is 2. The van der Waals surface area contributed by atoms with Crippen molar-refractivity contribution in [3.63, 3.8) is 0 Å². The maximum Gasteiger partial charge on any atom is 0.257 e. The predicted molar refractivity (Wildman–Crippen MR) is 59.3 cm³/mol. The van der Waals surface area contributed by atoms with Gasteiger partial charge in [-0.2, -0.15) is 0 Å². The number of nitrogens with zero attached hydrogens (tertiary/aromatic N) is 1. The van der Waals surface area contributed by atoms with E-state index in [1.54, 1.807) is 17.9 Å². The molecule has 1 fully saturated rings. The number of β-amino-alcohol motifs (C(OH)–C–C–N with tert-alkyl or cyclic N) is 1. The van der Waals surface area contributed by atoms with Crippen LogP contribution in [0.5, 0.6) is 0 Å². The fraction of sp³-hybridized carbons (Fsp3) is 0.583. The lowest BCUT2D eigenvalue weighted by atomic mass is 10.1. The number of hydrogen-bond acceptors (Lipinski definition) is 3. The number of rotatable bonds is 1. The second-order valence-electron chi connectivity index (χ2n) is 4.37. The topological polar surface area (TPSA) is 53.7 Å². The first-order valence-corrected chi connectivity index (χ1v) is 5.62. The van der Waals surface area contributed by atoms with Gasteiger partial charge in [0.25, 0.3) is 5.91 Å². The molecule has 0 aliphatic carbocycles. The molecule has 0 aromatic carbocycles. The molecule has 1 aromatic heterocycles. The van der Waals surface area contributed by atoms with Crippen molar-refractivity contribution in [2.75, 3.05) is 13.1 Å². The van der Waals surface area contributed by atoms with E-state index in [4.69, 9.17) is 4.42 Å². The van der Waals surface area contributed by atoms with Gasteiger partial charge in [-0.1, -0.05) is 0 Å². The first-order chi connectivity index (χ1) is 7.58. The smallest absolute Gasteiger partial charge is 0.257 e. The molecular weight excluding hydrogens is 206 g/mol. The summed E-state index contributed by atoms with van der Waals surface area (Å²) in [5.41, 5.74) is 0.617. The Kier molecular flexibility index (Phi) is 3.01. The summed E-state index contributed by atoms with van der Waals surface area (Å²) in [6.07, 6.45) is 1.27. The molecule has 1 saturated heterocycles. The molecule has 1 atom stereocenters. The van der Waals surface area contributed by atoms with Crippen LogP contribution in [-0.4, -0.2) is 35.1 Å². The van der Waals surface area contributed by atoms with Crippen LogP contribution in [0.4, 0.5) is 0 Å². The Morgan fingerprint density at radius 3 is 2.88 bits per heavy atom. The van der Waals surface area contributed by atoms with Gasteiger partial charge in [-0.3, -0.25) is 4.79 Å². The lowest BCUT2D eigenvalue weighted by Crippen LogP contribution is -2.42. The molecule has 0 radical (unpaired) electrons. The van der Waals surface area contributed by atoms with Crippen molar-refractivity contribution < 1.29 is 14.3 Å². The van der Waals surface area contributed by atoms with Gasteiger partial charge in [0.2, 0.25) is 0 Å². The van der Waals surface area contributed by atoms with Gasteiger partial charge in [0, 0.05) is 13.1 Å². The quantitative estimate of drug-likeness (QED) is 0.784. The van der Waals surface area contributed by atoms with E-state index in [2.05, 4.69) is 0 Å². The SMILES string of the molecule is Cc1cc(C(=O)N2CCC[C@H](O)C2)c(C)o1. The molecule has 2 rings (SSSR count). The summed E-state index contributed by atoms with van der Waals surface area (Å²) >= 11 is 0. The first kappa shape index (κ1) is 11.2. The van der Waals surface area contributed by atoms with E-state index in [-0.39, 0.29) is 12.0 Å². The third-order valence-electron chi connectivity index (χ3n) is 2.96. The van der Waals surface area contributed by atoms with Gasteiger partial charge in [0.05, 0.1) is 11.7 Å². The number of hydrogen-bond donors (Lipinski definition) is 1. The van der Waals surface area contributed by atoms with Crippen molar-refractivity contribution in [1.82, 2.24) is 4.90 Å². The number of carbonyl (C=O) groups is 1. The van der Waals surface area contributed by atoms with Crippen LogP contribution in [0.1, 0.15) is 34.7 Å². The van der Waals surface area contributed by atoms with E-state index < -0.39 is 0 Å². The molecule has 4 heteroatoms. The summed E-state index contributed by atoms with van der Waals surface area (Å²) in [5, 5.41) is 9.53. The normalized spacial score (nSPS) is 21.2. The van der Waals surface area contributed by atoms with Gasteiger partial charge in [-0.25, -0.2) is 0 Å². The van der Waals surface area contributed by atoms with Crippen LogP contribution < -0.4 is 0 Å². The van der Waals surface area contributed by atoms with Crippen LogP contribution in [0.15, 0.2) is 10.5 Å². The van der Waals surface area contributed by atoms with Crippen LogP contribution in [0, 0.1) is 13.8 Å². The summed E-state index contributed by atoms with van der Waals surface area (Å²) in [4.78, 5) is 13.8. The fourth-order valence-electron chi connectivity index (χ4n) is 2.15. The Bertz CT molecular complexity index is 397. The minimum atomic E-state index is -0.383. The molecule has 88 valence electrons. The number of likely N-dealkylation sites (tertiary alicyclic amines) is 1. The Morgan fingerprint density at radius 1 is 1.56 bits per heavy atom. The maximum absolute atomic E-state index is 12.1. The van der Waals surface area contributed by atoms with Crippen LogP contribution in [0.2, 0.25) is 0 Å². The highest BCUT2D eigenvalue weighted by molar-refractivity contribution is 5.95. The molecule has 1 amide bonds. The zero-order chi connectivity index (χ0) is 11.7. The summed E-state index contributed by atoms with van der Waals surface area (Å²) in [6, 6.07) is 1.76. The lowest BCUT2D eigenvalue weighted by molar-refractivity contribution is 0.0472. The van der Waals surface area contributed by atoms with Gasteiger partial charge in [-0.05, 0) is 32.8 Å². The van der Waals surface area contributed by atoms with Crippen molar-refractivity contribution in [3.8, 4) is 0 Å². The molecule has 0 saturated carbocycles. The molecule has 1 aliphatic heterocycles. The Labute approximate surface area is 94.9 Å².